The summed E-state index contributed by atoms with van der Waals surface area (Å²) in [6.07, 6.45) is 12.6. The largest absolute Gasteiger partial charge is 0.481 e. The molecule has 0 aliphatic heterocycles. The van der Waals surface area contributed by atoms with Gasteiger partial charge in [0.05, 0.1) is 21.0 Å². The second-order valence-electron chi connectivity index (χ2n) is 19.0. The lowest BCUT2D eigenvalue weighted by Gasteiger charge is -2.31. The summed E-state index contributed by atoms with van der Waals surface area (Å²) >= 11 is 12.3. The summed E-state index contributed by atoms with van der Waals surface area (Å²) in [5, 5.41) is 16.2. The van der Waals surface area contributed by atoms with Crippen molar-refractivity contribution in [3.63, 3.8) is 0 Å². The average Bonchev–Trinajstić information content (AvgIpc) is 3.68. The number of aliphatic carboxylic acids is 2. The van der Waals surface area contributed by atoms with Crippen molar-refractivity contribution in [1.29, 1.82) is 0 Å². The van der Waals surface area contributed by atoms with Crippen molar-refractivity contribution in [2.24, 2.45) is 23.7 Å². The summed E-state index contributed by atoms with van der Waals surface area (Å²) in [5.41, 5.74) is 4.85. The van der Waals surface area contributed by atoms with Crippen LogP contribution in [0.2, 0.25) is 10.0 Å². The number of sulfone groups is 2. The number of methoxy groups -OCH3 is 2. The second-order valence-corrected chi connectivity index (χ2v) is 25.5. The van der Waals surface area contributed by atoms with Gasteiger partial charge in [0.1, 0.15) is 5.78 Å². The Bertz CT molecular complexity index is 2100. The zero-order chi connectivity index (χ0) is 48.6. The van der Waals surface area contributed by atoms with Gasteiger partial charge in [0.2, 0.25) is 0 Å². The van der Waals surface area contributed by atoms with Gasteiger partial charge in [-0.1, -0.05) is 65.2 Å². The van der Waals surface area contributed by atoms with Gasteiger partial charge < -0.3 is 25.8 Å². The molecule has 0 aromatic heterocycles. The molecule has 5 rings (SSSR count). The normalized spacial score (nSPS) is 20.4. The lowest BCUT2D eigenvalue weighted by molar-refractivity contribution is -0.136. The van der Waals surface area contributed by atoms with E-state index in [0.29, 0.717) is 29.0 Å². The van der Waals surface area contributed by atoms with Gasteiger partial charge in [-0.2, -0.15) is 0 Å². The Morgan fingerprint density at radius 2 is 1.14 bits per heavy atom. The first-order chi connectivity index (χ1) is 29.6. The maximum absolute atomic E-state index is 13.1. The molecule has 5 N–H and O–H groups in total. The Kier molecular flexibility index (Phi) is 24.9. The quantitative estimate of drug-likeness (QED) is 0.160. The summed E-state index contributed by atoms with van der Waals surface area (Å²) in [6, 6.07) is 15.4. The SMILES string of the molecule is CC(=O)O.CC(=O)O.CC(C)(C)S(=O)(=O)CC1CCC(C2=CC(c3cccc(Cl)c3)=CC2)CC1.COC(OC)C(CC(=O)C1CCC(CS(=O)(=O)C(C)(C)C)CC1)c1cccc(Cl)c1.N. The highest BCUT2D eigenvalue weighted by Gasteiger charge is 2.37. The molecule has 0 amide bonds. The van der Waals surface area contributed by atoms with Crippen molar-refractivity contribution in [3.8, 4) is 0 Å². The van der Waals surface area contributed by atoms with Crippen LogP contribution in [-0.4, -0.2) is 86.3 Å². The topological polar surface area (TPSA) is 213 Å². The molecule has 0 radical (unpaired) electrons. The van der Waals surface area contributed by atoms with E-state index in [1.807, 2.05) is 36.4 Å². The third-order valence-electron chi connectivity index (χ3n) is 12.0. The van der Waals surface area contributed by atoms with Gasteiger partial charge in [-0.15, -0.1) is 0 Å². The van der Waals surface area contributed by atoms with E-state index in [-0.39, 0.29) is 35.4 Å². The van der Waals surface area contributed by atoms with E-state index in [1.165, 1.54) is 16.7 Å². The van der Waals surface area contributed by atoms with Gasteiger partial charge in [0, 0.05) is 56.4 Å². The fourth-order valence-electron chi connectivity index (χ4n) is 8.09. The Labute approximate surface area is 399 Å². The van der Waals surface area contributed by atoms with Crippen molar-refractivity contribution < 1.29 is 50.9 Å². The lowest BCUT2D eigenvalue weighted by Crippen LogP contribution is -2.35. The predicted molar refractivity (Wildman–Crippen MR) is 263 cm³/mol. The number of carboxylic acid groups (broad SMARTS) is 2. The Balaban J connectivity index is 0.000000553. The van der Waals surface area contributed by atoms with E-state index < -0.39 is 47.4 Å². The molecule has 2 saturated carbocycles. The monoisotopic (exact) mass is 987 g/mol. The number of ether oxygens (including phenoxy) is 2. The molecule has 0 spiro atoms. The highest BCUT2D eigenvalue weighted by Crippen LogP contribution is 2.41. The van der Waals surface area contributed by atoms with Crippen molar-refractivity contribution in [2.75, 3.05) is 25.7 Å². The minimum absolute atomic E-state index is 0. The van der Waals surface area contributed by atoms with E-state index in [9.17, 15) is 21.6 Å². The maximum Gasteiger partial charge on any atom is 0.300 e. The number of Topliss-reactive ketones (excluding diaryl/α,β-unsaturated/α-hetero) is 1. The number of carboxylic acids is 2. The first-order valence-corrected chi connectivity index (χ1v) is 26.0. The van der Waals surface area contributed by atoms with Crippen molar-refractivity contribution in [2.45, 2.75) is 141 Å². The molecule has 12 nitrogen and oxygen atoms in total. The highest BCUT2D eigenvalue weighted by molar-refractivity contribution is 7.93. The molecule has 368 valence electrons. The van der Waals surface area contributed by atoms with Crippen LogP contribution < -0.4 is 6.15 Å². The molecule has 2 fully saturated rings. The fraction of sp³-hybridized carbons (Fsp3) is 0.612. The van der Waals surface area contributed by atoms with Crippen LogP contribution in [-0.2, 0) is 43.5 Å². The van der Waals surface area contributed by atoms with Gasteiger partial charge in [-0.3, -0.25) is 14.4 Å². The summed E-state index contributed by atoms with van der Waals surface area (Å²) in [7, 11) is -3.03. The third-order valence-corrected chi connectivity index (χ3v) is 18.0. The zero-order valence-corrected chi connectivity index (χ0v) is 43.2. The van der Waals surface area contributed by atoms with Gasteiger partial charge >= 0.3 is 0 Å². The number of hydrogen-bond acceptors (Lipinski definition) is 10. The van der Waals surface area contributed by atoms with Crippen LogP contribution in [0.1, 0.15) is 137 Å². The fourth-order valence-corrected chi connectivity index (χ4v) is 11.4. The summed E-state index contributed by atoms with van der Waals surface area (Å²) in [5.74, 6) is -0.190. The van der Waals surface area contributed by atoms with Crippen molar-refractivity contribution in [3.05, 3.63) is 87.4 Å². The minimum atomic E-state index is -3.14. The van der Waals surface area contributed by atoms with Crippen LogP contribution in [0.5, 0.6) is 0 Å². The molecule has 0 heterocycles. The van der Waals surface area contributed by atoms with Crippen LogP contribution in [0.4, 0.5) is 0 Å². The summed E-state index contributed by atoms with van der Waals surface area (Å²) in [4.78, 5) is 31.1. The Morgan fingerprint density at radius 3 is 1.55 bits per heavy atom. The molecule has 3 aliphatic rings. The molecular formula is C49H75Cl2NO11S2. The van der Waals surface area contributed by atoms with Gasteiger partial charge in [0.15, 0.2) is 26.0 Å². The van der Waals surface area contributed by atoms with Crippen LogP contribution >= 0.6 is 23.2 Å². The predicted octanol–water partition coefficient (Wildman–Crippen LogP) is 11.4. The molecule has 3 aliphatic carbocycles. The molecule has 0 saturated heterocycles. The smallest absolute Gasteiger partial charge is 0.300 e. The minimum Gasteiger partial charge on any atom is -0.481 e. The van der Waals surface area contributed by atoms with E-state index in [0.717, 1.165) is 82.2 Å². The number of carbonyl (C=O) groups excluding carboxylic acids is 1. The molecule has 0 bridgehead atoms. The van der Waals surface area contributed by atoms with Crippen molar-refractivity contribution >= 4 is 66.2 Å². The van der Waals surface area contributed by atoms with E-state index in [2.05, 4.69) is 18.2 Å². The Hall–Kier alpha value is -3.11. The molecule has 1 atom stereocenters. The van der Waals surface area contributed by atoms with Gasteiger partial charge in [-0.25, -0.2) is 16.8 Å². The summed E-state index contributed by atoms with van der Waals surface area (Å²) in [6.45, 7) is 12.8. The number of carbonyl (C=O) groups is 3. The lowest BCUT2D eigenvalue weighted by atomic mass is 9.78. The number of hydrogen-bond donors (Lipinski definition) is 3. The third kappa shape index (κ3) is 20.3. The second kappa shape index (κ2) is 27.0. The summed E-state index contributed by atoms with van der Waals surface area (Å²) < 4.78 is 59.5. The molecule has 65 heavy (non-hydrogen) atoms. The number of benzene rings is 2. The maximum atomic E-state index is 13.1. The van der Waals surface area contributed by atoms with Crippen LogP contribution in [0.25, 0.3) is 5.57 Å². The van der Waals surface area contributed by atoms with E-state index in [1.54, 1.807) is 61.8 Å². The molecule has 2 aromatic rings. The van der Waals surface area contributed by atoms with E-state index >= 15 is 0 Å². The molecular weight excluding hydrogens is 914 g/mol. The van der Waals surface area contributed by atoms with Crippen LogP contribution in [0, 0.1) is 23.7 Å². The first kappa shape index (κ1) is 59.9. The number of ketones is 1. The Morgan fingerprint density at radius 1 is 0.708 bits per heavy atom. The van der Waals surface area contributed by atoms with Crippen LogP contribution in [0.3, 0.4) is 0 Å². The van der Waals surface area contributed by atoms with Crippen molar-refractivity contribution in [1.82, 2.24) is 6.15 Å². The van der Waals surface area contributed by atoms with E-state index in [4.69, 9.17) is 52.5 Å². The zero-order valence-electron chi connectivity index (χ0n) is 40.1. The van der Waals surface area contributed by atoms with Gasteiger partial charge in [-0.05, 0) is 158 Å². The number of allylic oxidation sites excluding steroid dienone is 4. The molecule has 2 aromatic carbocycles. The molecule has 1 unspecified atom stereocenters. The number of rotatable bonds is 13. The molecule has 16 heteroatoms. The number of halogens is 2. The standard InChI is InChI=1S/C23H35ClO5S.C22H29ClO2S.2C2H4O2.H3N/c1-23(2,3)30(26,27)15-16-9-11-17(12-10-16)21(25)14-20(22(28-4)29-5)18-7-6-8-19(24)13-18;1-22(2,3)26(24,25)15-16-7-9-17(10-8-16)19-11-12-20(13-19)18-5-4-6-21(23)14-18;2*1-2(3)4;/h6-8,13,16-17,20,22H,9-12,14-15H2,1-5H3;4-6,12-14,16-17H,7-11,15H2,1-3H3;2*1H3,(H,3,4);1H3. The first-order valence-electron chi connectivity index (χ1n) is 21.9. The van der Waals surface area contributed by atoms with Crippen LogP contribution in [0.15, 0.2) is 66.3 Å². The van der Waals surface area contributed by atoms with Gasteiger partial charge in [0.25, 0.3) is 11.9 Å². The highest BCUT2D eigenvalue weighted by atomic mass is 35.5. The average molecular weight is 989 g/mol.